The second-order valence-corrected chi connectivity index (χ2v) is 8.69. The Kier molecular flexibility index (Phi) is 6.59. The molecule has 1 aliphatic rings. The van der Waals surface area contributed by atoms with Crippen molar-refractivity contribution in [3.8, 4) is 0 Å². The number of β-lactam (4-membered cyclic amide) rings is 1. The smallest absolute Gasteiger partial charge is 0.229 e. The maximum Gasteiger partial charge on any atom is 0.229 e. The molecule has 2 aromatic heterocycles. The number of hydrogen-bond donors (Lipinski definition) is 0. The molecule has 0 aliphatic carbocycles. The highest BCUT2D eigenvalue weighted by molar-refractivity contribution is 6.39. The summed E-state index contributed by atoms with van der Waals surface area (Å²) in [5.74, 6) is -2.61. The molecule has 2 aromatic carbocycles. The minimum atomic E-state index is -0.753. The lowest BCUT2D eigenvalue weighted by atomic mass is 10.1. The molecule has 1 fully saturated rings. The zero-order valence-corrected chi connectivity index (χ0v) is 19.9. The Morgan fingerprint density at radius 3 is 1.76 bits per heavy atom. The quantitative estimate of drug-likeness (QED) is 0.147. The third-order valence-corrected chi connectivity index (χ3v) is 6.67. The van der Waals surface area contributed by atoms with Gasteiger partial charge in [-0.3, -0.25) is 9.69 Å². The highest BCUT2D eigenvalue weighted by atomic mass is 35.5. The predicted octanol–water partition coefficient (Wildman–Crippen LogP) is 7.34. The van der Waals surface area contributed by atoms with Crippen LogP contribution >= 0.6 is 34.8 Å². The number of benzene rings is 2. The summed E-state index contributed by atoms with van der Waals surface area (Å²) in [6, 6.07) is 3.74. The van der Waals surface area contributed by atoms with Gasteiger partial charge in [0.05, 0.1) is 31.9 Å². The number of amides is 1. The van der Waals surface area contributed by atoms with Crippen LogP contribution in [0.1, 0.15) is 17.5 Å². The second-order valence-electron chi connectivity index (χ2n) is 7.57. The number of hydrogen-bond acceptors (Lipinski definition) is 3. The van der Waals surface area contributed by atoms with Crippen molar-refractivity contribution in [2.45, 2.75) is 20.3 Å². The van der Waals surface area contributed by atoms with E-state index in [1.165, 1.54) is 4.90 Å². The van der Waals surface area contributed by atoms with E-state index in [-0.39, 0.29) is 42.9 Å². The minimum absolute atomic E-state index is 0.0668. The van der Waals surface area contributed by atoms with E-state index in [4.69, 9.17) is 34.8 Å². The fourth-order valence-corrected chi connectivity index (χ4v) is 4.27. The van der Waals surface area contributed by atoms with Gasteiger partial charge < -0.3 is 0 Å². The molecule has 0 atom stereocenters. The Morgan fingerprint density at radius 1 is 0.794 bits per heavy atom. The van der Waals surface area contributed by atoms with Crippen molar-refractivity contribution < 1.29 is 22.4 Å². The molecule has 0 unspecified atom stereocenters. The highest BCUT2D eigenvalue weighted by Gasteiger charge is 2.29. The summed E-state index contributed by atoms with van der Waals surface area (Å²) in [4.78, 5) is 20.9. The lowest BCUT2D eigenvalue weighted by molar-refractivity contribution is -0.122. The van der Waals surface area contributed by atoms with E-state index in [9.17, 15) is 22.4 Å². The van der Waals surface area contributed by atoms with Crippen LogP contribution < -0.4 is 4.90 Å². The maximum atomic E-state index is 13.7. The molecule has 4 aromatic rings. The maximum absolute atomic E-state index is 13.7. The number of carbonyl (C=O) groups is 1. The Hall–Kier alpha value is -2.68. The Morgan fingerprint density at radius 2 is 1.29 bits per heavy atom. The molecule has 0 spiro atoms. The van der Waals surface area contributed by atoms with Gasteiger partial charge in [-0.25, -0.2) is 27.5 Å². The first-order valence-electron chi connectivity index (χ1n) is 9.85. The summed E-state index contributed by atoms with van der Waals surface area (Å²) in [6.07, 6.45) is 0.453. The summed E-state index contributed by atoms with van der Waals surface area (Å²) in [5.41, 5.74) is 1.24. The average molecular weight is 531 g/mol. The topological polar surface area (TPSA) is 46.1 Å². The van der Waals surface area contributed by atoms with Gasteiger partial charge in [0.25, 0.3) is 0 Å². The standard InChI is InChI=1S/C13H9ClF2N2O.C10H5Cl2F2N/c1-6-12(14)11-8(16)4-7(15)5-9(11)17-13(6)18-3-2-10(18)19;1-4-9(11)8-6(14)2-5(13)3-7(8)15-10(4)12/h4-5H,2-3H2,1H3;2-3H,1H3. The molecule has 1 saturated heterocycles. The molecular formula is C23H14Cl3F4N3O. The first-order chi connectivity index (χ1) is 16.0. The normalized spacial score (nSPS) is 13.2. The van der Waals surface area contributed by atoms with Crippen LogP contribution in [0.15, 0.2) is 24.3 Å². The van der Waals surface area contributed by atoms with E-state index in [1.807, 2.05) is 0 Å². The number of fused-ring (bicyclic) bond motifs is 2. The predicted molar refractivity (Wildman–Crippen MR) is 125 cm³/mol. The van der Waals surface area contributed by atoms with Gasteiger partial charge in [0, 0.05) is 48.4 Å². The van der Waals surface area contributed by atoms with Crippen LogP contribution in [0.25, 0.3) is 21.8 Å². The first-order valence-corrected chi connectivity index (χ1v) is 11.0. The molecule has 176 valence electrons. The zero-order chi connectivity index (χ0) is 24.9. The van der Waals surface area contributed by atoms with Gasteiger partial charge in [0.2, 0.25) is 5.91 Å². The van der Waals surface area contributed by atoms with Crippen molar-refractivity contribution in [3.05, 3.63) is 73.9 Å². The van der Waals surface area contributed by atoms with Crippen LogP contribution in [-0.4, -0.2) is 22.4 Å². The fraction of sp³-hybridized carbons (Fsp3) is 0.174. The van der Waals surface area contributed by atoms with Gasteiger partial charge in [-0.15, -0.1) is 0 Å². The molecule has 3 heterocycles. The fourth-order valence-electron chi connectivity index (χ4n) is 3.48. The lowest BCUT2D eigenvalue weighted by Crippen LogP contribution is -2.44. The summed E-state index contributed by atoms with van der Waals surface area (Å²) in [5, 5.41) is 0.662. The highest BCUT2D eigenvalue weighted by Crippen LogP contribution is 2.36. The third kappa shape index (κ3) is 4.26. The minimum Gasteiger partial charge on any atom is -0.296 e. The molecule has 5 rings (SSSR count). The zero-order valence-electron chi connectivity index (χ0n) is 17.6. The lowest BCUT2D eigenvalue weighted by Gasteiger charge is -2.31. The van der Waals surface area contributed by atoms with Gasteiger partial charge >= 0.3 is 0 Å². The van der Waals surface area contributed by atoms with E-state index in [0.717, 1.165) is 24.3 Å². The van der Waals surface area contributed by atoms with Gasteiger partial charge in [-0.1, -0.05) is 34.8 Å². The van der Waals surface area contributed by atoms with Crippen LogP contribution in [0.2, 0.25) is 15.2 Å². The Labute approximate surface area is 206 Å². The molecule has 1 aliphatic heterocycles. The summed E-state index contributed by atoms with van der Waals surface area (Å²) >= 11 is 17.8. The van der Waals surface area contributed by atoms with Crippen LogP contribution in [0.4, 0.5) is 23.4 Å². The monoisotopic (exact) mass is 529 g/mol. The molecule has 0 bridgehead atoms. The molecule has 0 radical (unpaired) electrons. The van der Waals surface area contributed by atoms with Crippen molar-refractivity contribution in [2.75, 3.05) is 11.4 Å². The second kappa shape index (κ2) is 9.17. The molecule has 0 saturated carbocycles. The number of carbonyl (C=O) groups excluding carboxylic acids is 1. The van der Waals surface area contributed by atoms with Gasteiger partial charge in [-0.05, 0) is 13.8 Å². The van der Waals surface area contributed by atoms with Crippen LogP contribution in [0.3, 0.4) is 0 Å². The number of pyridine rings is 2. The van der Waals surface area contributed by atoms with Gasteiger partial charge in [0.1, 0.15) is 34.2 Å². The number of rotatable bonds is 1. The van der Waals surface area contributed by atoms with E-state index >= 15 is 0 Å². The van der Waals surface area contributed by atoms with Crippen molar-refractivity contribution in [2.24, 2.45) is 0 Å². The molecule has 0 N–H and O–H groups in total. The van der Waals surface area contributed by atoms with Gasteiger partial charge in [-0.2, -0.15) is 0 Å². The first kappa shape index (κ1) is 24.4. The average Bonchev–Trinajstić information content (AvgIpc) is 2.74. The summed E-state index contributed by atoms with van der Waals surface area (Å²) in [7, 11) is 0. The number of nitrogens with zero attached hydrogens (tertiary/aromatic N) is 3. The van der Waals surface area contributed by atoms with Crippen LogP contribution in [0.5, 0.6) is 0 Å². The van der Waals surface area contributed by atoms with Crippen molar-refractivity contribution in [1.29, 1.82) is 0 Å². The van der Waals surface area contributed by atoms with Gasteiger partial charge in [0.15, 0.2) is 0 Å². The van der Waals surface area contributed by atoms with E-state index in [1.54, 1.807) is 13.8 Å². The summed E-state index contributed by atoms with van der Waals surface area (Å²) in [6.45, 7) is 3.84. The SMILES string of the molecule is Cc1c(Cl)nc2cc(F)cc(F)c2c1Cl.Cc1c(N2CCC2=O)nc2cc(F)cc(F)c2c1Cl. The van der Waals surface area contributed by atoms with Crippen molar-refractivity contribution in [3.63, 3.8) is 0 Å². The van der Waals surface area contributed by atoms with Crippen LogP contribution in [-0.2, 0) is 4.79 Å². The van der Waals surface area contributed by atoms with Crippen molar-refractivity contribution in [1.82, 2.24) is 9.97 Å². The molecular weight excluding hydrogens is 517 g/mol. The van der Waals surface area contributed by atoms with E-state index in [2.05, 4.69) is 9.97 Å². The van der Waals surface area contributed by atoms with Crippen LogP contribution in [0, 0.1) is 37.1 Å². The summed E-state index contributed by atoms with van der Waals surface area (Å²) < 4.78 is 53.3. The number of aromatic nitrogens is 2. The molecule has 11 heteroatoms. The largest absolute Gasteiger partial charge is 0.296 e. The number of halogens is 7. The molecule has 4 nitrogen and oxygen atoms in total. The Bertz CT molecular complexity index is 1500. The molecule has 34 heavy (non-hydrogen) atoms. The number of anilines is 1. The van der Waals surface area contributed by atoms with E-state index < -0.39 is 23.3 Å². The molecule has 1 amide bonds. The third-order valence-electron chi connectivity index (χ3n) is 5.36. The van der Waals surface area contributed by atoms with E-state index in [0.29, 0.717) is 29.9 Å². The van der Waals surface area contributed by atoms with Crippen molar-refractivity contribution >= 4 is 68.3 Å². The Balaban J connectivity index is 0.000000166.